The molecule has 1 N–H and O–H groups in total. The summed E-state index contributed by atoms with van der Waals surface area (Å²) < 4.78 is 0. The monoisotopic (exact) mass is 239 g/mol. The molecule has 16 heavy (non-hydrogen) atoms. The SMILES string of the molecule is CC(C)C(c1cccs1)N1CC(O)CC1=O. The van der Waals surface area contributed by atoms with E-state index in [1.54, 1.807) is 11.3 Å². The molecular weight excluding hydrogens is 222 g/mol. The van der Waals surface area contributed by atoms with Crippen LogP contribution < -0.4 is 0 Å². The van der Waals surface area contributed by atoms with E-state index in [2.05, 4.69) is 19.9 Å². The number of hydrogen-bond donors (Lipinski definition) is 1. The third kappa shape index (κ3) is 2.13. The number of nitrogens with zero attached hydrogens (tertiary/aromatic N) is 1. The van der Waals surface area contributed by atoms with Gasteiger partial charge >= 0.3 is 0 Å². The lowest BCUT2D eigenvalue weighted by atomic mass is 10.0. The molecule has 3 nitrogen and oxygen atoms in total. The molecule has 1 aliphatic rings. The zero-order valence-electron chi connectivity index (χ0n) is 9.59. The van der Waals surface area contributed by atoms with Crippen molar-refractivity contribution in [2.75, 3.05) is 6.54 Å². The van der Waals surface area contributed by atoms with Crippen LogP contribution in [0, 0.1) is 5.92 Å². The third-order valence-corrected chi connectivity index (χ3v) is 3.88. The lowest BCUT2D eigenvalue weighted by Crippen LogP contribution is -2.33. The van der Waals surface area contributed by atoms with Crippen molar-refractivity contribution in [1.29, 1.82) is 0 Å². The number of carbonyl (C=O) groups is 1. The van der Waals surface area contributed by atoms with Crippen LogP contribution in [0.1, 0.15) is 31.2 Å². The number of aliphatic hydroxyl groups excluding tert-OH is 1. The van der Waals surface area contributed by atoms with Gasteiger partial charge in [-0.05, 0) is 17.4 Å². The normalized spacial score (nSPS) is 23.1. The fourth-order valence-electron chi connectivity index (χ4n) is 2.28. The van der Waals surface area contributed by atoms with Crippen LogP contribution in [0.3, 0.4) is 0 Å². The van der Waals surface area contributed by atoms with Crippen LogP contribution in [-0.4, -0.2) is 28.6 Å². The first-order valence-corrected chi connectivity index (χ1v) is 6.48. The maximum absolute atomic E-state index is 11.8. The number of aliphatic hydroxyl groups is 1. The van der Waals surface area contributed by atoms with Crippen LogP contribution in [0.15, 0.2) is 17.5 Å². The molecule has 0 aliphatic carbocycles. The van der Waals surface area contributed by atoms with E-state index in [0.29, 0.717) is 12.5 Å². The van der Waals surface area contributed by atoms with Crippen LogP contribution in [-0.2, 0) is 4.79 Å². The molecule has 0 bridgehead atoms. The van der Waals surface area contributed by atoms with E-state index in [1.165, 1.54) is 4.88 Å². The highest BCUT2D eigenvalue weighted by molar-refractivity contribution is 7.10. The highest BCUT2D eigenvalue weighted by Gasteiger charge is 2.35. The molecule has 1 amide bonds. The standard InChI is InChI=1S/C12H17NO2S/c1-8(2)12(10-4-3-5-16-10)13-7-9(14)6-11(13)15/h3-5,8-9,12,14H,6-7H2,1-2H3. The Kier molecular flexibility index (Phi) is 3.30. The fraction of sp³-hybridized carbons (Fsp3) is 0.583. The van der Waals surface area contributed by atoms with Crippen LogP contribution in [0.2, 0.25) is 0 Å². The molecule has 4 heteroatoms. The van der Waals surface area contributed by atoms with E-state index < -0.39 is 6.10 Å². The van der Waals surface area contributed by atoms with Gasteiger partial charge in [-0.2, -0.15) is 0 Å². The molecule has 2 heterocycles. The first-order chi connectivity index (χ1) is 7.59. The van der Waals surface area contributed by atoms with Crippen molar-refractivity contribution in [2.24, 2.45) is 5.92 Å². The van der Waals surface area contributed by atoms with Gasteiger partial charge in [0.2, 0.25) is 5.91 Å². The van der Waals surface area contributed by atoms with Gasteiger partial charge in [0.1, 0.15) is 0 Å². The Labute approximate surface area is 99.7 Å². The molecule has 1 aliphatic heterocycles. The Hall–Kier alpha value is -0.870. The predicted molar refractivity (Wildman–Crippen MR) is 64.2 cm³/mol. The Morgan fingerprint density at radius 2 is 2.31 bits per heavy atom. The minimum atomic E-state index is -0.492. The van der Waals surface area contributed by atoms with Gasteiger partial charge < -0.3 is 10.0 Å². The second-order valence-electron chi connectivity index (χ2n) is 4.61. The van der Waals surface area contributed by atoms with Crippen molar-refractivity contribution < 1.29 is 9.90 Å². The van der Waals surface area contributed by atoms with E-state index in [0.717, 1.165) is 0 Å². The van der Waals surface area contributed by atoms with Crippen molar-refractivity contribution in [3.8, 4) is 0 Å². The number of β-amino-alcohol motifs (C(OH)–C–C–N with tert-alkyl or cyclic N) is 1. The molecular formula is C12H17NO2S. The molecule has 1 aromatic rings. The second-order valence-corrected chi connectivity index (χ2v) is 5.59. The van der Waals surface area contributed by atoms with Gasteiger partial charge in [-0.1, -0.05) is 19.9 Å². The summed E-state index contributed by atoms with van der Waals surface area (Å²) in [5, 5.41) is 11.6. The van der Waals surface area contributed by atoms with Crippen molar-refractivity contribution in [2.45, 2.75) is 32.4 Å². The Balaban J connectivity index is 2.24. The Bertz CT molecular complexity index is 361. The molecule has 88 valence electrons. The number of carbonyl (C=O) groups excluding carboxylic acids is 1. The van der Waals surface area contributed by atoms with Crippen LogP contribution in [0.4, 0.5) is 0 Å². The fourth-order valence-corrected chi connectivity index (χ4v) is 3.29. The van der Waals surface area contributed by atoms with Gasteiger partial charge in [0.25, 0.3) is 0 Å². The van der Waals surface area contributed by atoms with E-state index in [-0.39, 0.29) is 18.4 Å². The lowest BCUT2D eigenvalue weighted by molar-refractivity contribution is -0.130. The van der Waals surface area contributed by atoms with E-state index in [1.807, 2.05) is 16.3 Å². The molecule has 2 unspecified atom stereocenters. The molecule has 1 fully saturated rings. The van der Waals surface area contributed by atoms with E-state index in [9.17, 15) is 9.90 Å². The summed E-state index contributed by atoms with van der Waals surface area (Å²) in [4.78, 5) is 14.8. The summed E-state index contributed by atoms with van der Waals surface area (Å²) in [7, 11) is 0. The quantitative estimate of drug-likeness (QED) is 0.877. The molecule has 0 saturated carbocycles. The Morgan fingerprint density at radius 3 is 2.75 bits per heavy atom. The number of likely N-dealkylation sites (tertiary alicyclic amines) is 1. The summed E-state index contributed by atoms with van der Waals surface area (Å²) in [5.41, 5.74) is 0. The third-order valence-electron chi connectivity index (χ3n) is 2.94. The highest BCUT2D eigenvalue weighted by atomic mass is 32.1. The van der Waals surface area contributed by atoms with E-state index >= 15 is 0 Å². The highest BCUT2D eigenvalue weighted by Crippen LogP contribution is 2.34. The summed E-state index contributed by atoms with van der Waals surface area (Å²) in [6.45, 7) is 4.70. The minimum Gasteiger partial charge on any atom is -0.391 e. The first kappa shape index (κ1) is 11.6. The van der Waals surface area contributed by atoms with Gasteiger partial charge in [0, 0.05) is 11.4 Å². The summed E-state index contributed by atoms with van der Waals surface area (Å²) >= 11 is 1.67. The average Bonchev–Trinajstić information content (AvgIpc) is 2.78. The summed E-state index contributed by atoms with van der Waals surface area (Å²) in [6.07, 6.45) is -0.220. The molecule has 0 spiro atoms. The largest absolute Gasteiger partial charge is 0.391 e. The topological polar surface area (TPSA) is 40.5 Å². The minimum absolute atomic E-state index is 0.0691. The average molecular weight is 239 g/mol. The Morgan fingerprint density at radius 1 is 1.56 bits per heavy atom. The molecule has 1 saturated heterocycles. The van der Waals surface area contributed by atoms with Gasteiger partial charge in [-0.25, -0.2) is 0 Å². The maximum Gasteiger partial charge on any atom is 0.225 e. The zero-order chi connectivity index (χ0) is 11.7. The number of rotatable bonds is 3. The van der Waals surface area contributed by atoms with Crippen molar-refractivity contribution in [1.82, 2.24) is 4.90 Å². The number of amides is 1. The van der Waals surface area contributed by atoms with Gasteiger partial charge in [0.15, 0.2) is 0 Å². The molecule has 0 aromatic carbocycles. The van der Waals surface area contributed by atoms with Crippen molar-refractivity contribution in [3.63, 3.8) is 0 Å². The molecule has 1 aromatic heterocycles. The maximum atomic E-state index is 11.8. The summed E-state index contributed by atoms with van der Waals surface area (Å²) in [6, 6.07) is 4.18. The van der Waals surface area contributed by atoms with E-state index in [4.69, 9.17) is 0 Å². The summed E-state index contributed by atoms with van der Waals surface area (Å²) in [5.74, 6) is 0.438. The molecule has 2 rings (SSSR count). The van der Waals surface area contributed by atoms with Crippen molar-refractivity contribution >= 4 is 17.2 Å². The van der Waals surface area contributed by atoms with Gasteiger partial charge in [0.05, 0.1) is 18.6 Å². The van der Waals surface area contributed by atoms with Crippen LogP contribution in [0.25, 0.3) is 0 Å². The first-order valence-electron chi connectivity index (χ1n) is 5.60. The van der Waals surface area contributed by atoms with Crippen LogP contribution >= 0.6 is 11.3 Å². The van der Waals surface area contributed by atoms with Gasteiger partial charge in [-0.3, -0.25) is 4.79 Å². The molecule has 0 radical (unpaired) electrons. The second kappa shape index (κ2) is 4.55. The number of hydrogen-bond acceptors (Lipinski definition) is 3. The zero-order valence-corrected chi connectivity index (χ0v) is 10.4. The molecule has 2 atom stereocenters. The lowest BCUT2D eigenvalue weighted by Gasteiger charge is -2.30. The van der Waals surface area contributed by atoms with Crippen molar-refractivity contribution in [3.05, 3.63) is 22.4 Å². The predicted octanol–water partition coefficient (Wildman–Crippen LogP) is 2.04. The number of thiophene rings is 1. The van der Waals surface area contributed by atoms with Crippen LogP contribution in [0.5, 0.6) is 0 Å². The smallest absolute Gasteiger partial charge is 0.225 e. The van der Waals surface area contributed by atoms with Gasteiger partial charge in [-0.15, -0.1) is 11.3 Å².